The maximum absolute atomic E-state index is 11.5. The number of ether oxygens (including phenoxy) is 1. The zero-order chi connectivity index (χ0) is 17.7. The maximum atomic E-state index is 11.5. The van der Waals surface area contributed by atoms with Gasteiger partial charge in [0, 0.05) is 12.9 Å². The molecule has 0 aliphatic heterocycles. The number of hydrogen-bond donors (Lipinski definition) is 2. The lowest BCUT2D eigenvalue weighted by Gasteiger charge is -2.26. The number of carbonyl (C=O) groups is 1. The summed E-state index contributed by atoms with van der Waals surface area (Å²) >= 11 is 9.67. The molecule has 0 heterocycles. The summed E-state index contributed by atoms with van der Waals surface area (Å²) in [5.41, 5.74) is 0. The number of hydrogen-bond acceptors (Lipinski definition) is 6. The van der Waals surface area contributed by atoms with Crippen molar-refractivity contribution >= 4 is 45.0 Å². The highest BCUT2D eigenvalue weighted by atomic mass is 33.2. The molecule has 0 aromatic heterocycles. The van der Waals surface area contributed by atoms with E-state index in [2.05, 4.69) is 19.2 Å². The van der Waals surface area contributed by atoms with Gasteiger partial charge in [0.2, 0.25) is 0 Å². The van der Waals surface area contributed by atoms with Crippen LogP contribution in [0, 0.1) is 0 Å². The van der Waals surface area contributed by atoms with Crippen LogP contribution >= 0.6 is 27.2 Å². The largest absolute Gasteiger partial charge is 0.480 e. The number of carboxylic acids is 1. The number of nitrogens with one attached hydrogen (secondary N) is 1. The van der Waals surface area contributed by atoms with Crippen LogP contribution in [0.4, 0.5) is 0 Å². The van der Waals surface area contributed by atoms with Gasteiger partial charge in [-0.2, -0.15) is 0 Å². The average molecular weight is 402 g/mol. The Bertz CT molecular complexity index is 358. The highest BCUT2D eigenvalue weighted by Crippen LogP contribution is 2.68. The first kappa shape index (κ1) is 23.7. The first-order valence-electron chi connectivity index (χ1n) is 8.36. The standard InChI is InChI=1S/C15H32NO3PS3/c1-5-8-10-22-20(21,23-11-9-6-2)12-16-14(15(17)18)13(4)19-7-3/h13-14,16H,5-12H2,1-4H3,(H,17,18). The Labute approximate surface area is 154 Å². The minimum atomic E-state index is -1.69. The SMILES string of the molecule is CCCCSP(=S)(CNC(C(=O)O)C(C)OCC)SCCCC. The van der Waals surface area contributed by atoms with E-state index < -0.39 is 16.5 Å². The molecule has 2 unspecified atom stereocenters. The molecule has 0 aromatic rings. The smallest absolute Gasteiger partial charge is 0.323 e. The highest BCUT2D eigenvalue weighted by molar-refractivity contribution is 9.00. The second kappa shape index (κ2) is 14.0. The molecule has 0 amide bonds. The molecule has 23 heavy (non-hydrogen) atoms. The van der Waals surface area contributed by atoms with Crippen LogP contribution in [0.1, 0.15) is 53.4 Å². The predicted molar refractivity (Wildman–Crippen MR) is 110 cm³/mol. The van der Waals surface area contributed by atoms with Crippen LogP contribution in [-0.4, -0.2) is 47.6 Å². The molecule has 0 spiro atoms. The quantitative estimate of drug-likeness (QED) is 0.302. The van der Waals surface area contributed by atoms with Crippen LogP contribution < -0.4 is 5.32 Å². The van der Waals surface area contributed by atoms with Gasteiger partial charge in [-0.1, -0.05) is 38.5 Å². The van der Waals surface area contributed by atoms with E-state index in [0.29, 0.717) is 12.9 Å². The van der Waals surface area contributed by atoms with E-state index in [1.807, 2.05) is 29.7 Å². The molecule has 2 atom stereocenters. The van der Waals surface area contributed by atoms with Gasteiger partial charge >= 0.3 is 5.97 Å². The van der Waals surface area contributed by atoms with Crippen molar-refractivity contribution in [1.29, 1.82) is 0 Å². The Balaban J connectivity index is 4.69. The number of rotatable bonds is 15. The Morgan fingerprint density at radius 1 is 1.22 bits per heavy atom. The molecule has 0 aromatic carbocycles. The molecule has 8 heteroatoms. The summed E-state index contributed by atoms with van der Waals surface area (Å²) in [5, 5.41) is 12.6. The molecule has 0 radical (unpaired) electrons. The molecule has 0 fully saturated rings. The molecule has 0 saturated heterocycles. The topological polar surface area (TPSA) is 58.6 Å². The van der Waals surface area contributed by atoms with Crippen molar-refractivity contribution in [2.24, 2.45) is 0 Å². The van der Waals surface area contributed by atoms with E-state index in [1.165, 1.54) is 0 Å². The lowest BCUT2D eigenvalue weighted by molar-refractivity contribution is -0.143. The summed E-state index contributed by atoms with van der Waals surface area (Å²) < 4.78 is 3.75. The predicted octanol–water partition coefficient (Wildman–Crippen LogP) is 4.79. The first-order chi connectivity index (χ1) is 10.9. The normalized spacial score (nSPS) is 14.6. The van der Waals surface area contributed by atoms with Gasteiger partial charge in [-0.15, -0.1) is 22.8 Å². The van der Waals surface area contributed by atoms with Crippen LogP contribution in [0.2, 0.25) is 0 Å². The van der Waals surface area contributed by atoms with E-state index in [4.69, 9.17) is 16.5 Å². The van der Waals surface area contributed by atoms with Crippen molar-refractivity contribution < 1.29 is 14.6 Å². The second-order valence-corrected chi connectivity index (χ2v) is 17.4. The van der Waals surface area contributed by atoms with Gasteiger partial charge in [-0.25, -0.2) is 0 Å². The Morgan fingerprint density at radius 2 is 1.74 bits per heavy atom. The van der Waals surface area contributed by atoms with Crippen LogP contribution in [0.3, 0.4) is 0 Å². The van der Waals surface area contributed by atoms with Crippen LogP contribution in [0.25, 0.3) is 0 Å². The summed E-state index contributed by atoms with van der Waals surface area (Å²) in [6.45, 7) is 8.54. The van der Waals surface area contributed by atoms with Crippen LogP contribution in [0.5, 0.6) is 0 Å². The number of unbranched alkanes of at least 4 members (excludes halogenated alkanes) is 2. The van der Waals surface area contributed by atoms with E-state index in [1.54, 1.807) is 6.92 Å². The molecular formula is C15H32NO3PS3. The number of aliphatic carboxylic acids is 1. The fraction of sp³-hybridized carbons (Fsp3) is 0.933. The van der Waals surface area contributed by atoms with Crippen molar-refractivity contribution in [1.82, 2.24) is 5.32 Å². The van der Waals surface area contributed by atoms with Crippen molar-refractivity contribution in [2.45, 2.75) is 65.5 Å². The zero-order valence-corrected chi connectivity index (χ0v) is 18.1. The Kier molecular flexibility index (Phi) is 14.4. The molecule has 4 nitrogen and oxygen atoms in total. The summed E-state index contributed by atoms with van der Waals surface area (Å²) in [6, 6.07) is -0.698. The van der Waals surface area contributed by atoms with E-state index in [0.717, 1.165) is 37.2 Å². The molecule has 138 valence electrons. The van der Waals surface area contributed by atoms with Crippen molar-refractivity contribution in [3.8, 4) is 0 Å². The third-order valence-corrected chi connectivity index (χ3v) is 14.0. The summed E-state index contributed by atoms with van der Waals surface area (Å²) in [7, 11) is 0. The van der Waals surface area contributed by atoms with Crippen molar-refractivity contribution in [3.05, 3.63) is 0 Å². The number of carboxylic acid groups (broad SMARTS) is 1. The van der Waals surface area contributed by atoms with Crippen molar-refractivity contribution in [2.75, 3.05) is 24.4 Å². The zero-order valence-electron chi connectivity index (χ0n) is 14.7. The van der Waals surface area contributed by atoms with Crippen LogP contribution in [0.15, 0.2) is 0 Å². The fourth-order valence-electron chi connectivity index (χ4n) is 1.85. The molecule has 2 N–H and O–H groups in total. The van der Waals surface area contributed by atoms with Crippen molar-refractivity contribution in [3.63, 3.8) is 0 Å². The lowest BCUT2D eigenvalue weighted by Crippen LogP contribution is -2.46. The second-order valence-electron chi connectivity index (χ2n) is 5.32. The summed E-state index contributed by atoms with van der Waals surface area (Å²) in [5.74, 6) is 1.25. The molecule has 0 aliphatic rings. The molecule has 0 bridgehead atoms. The van der Waals surface area contributed by atoms with E-state index >= 15 is 0 Å². The van der Waals surface area contributed by atoms with Gasteiger partial charge in [0.05, 0.1) is 10.5 Å². The van der Waals surface area contributed by atoms with Crippen LogP contribution in [-0.2, 0) is 21.3 Å². The van der Waals surface area contributed by atoms with Gasteiger partial charge < -0.3 is 9.84 Å². The average Bonchev–Trinajstić information content (AvgIpc) is 2.48. The third kappa shape index (κ3) is 11.1. The lowest BCUT2D eigenvalue weighted by atomic mass is 10.2. The molecule has 0 aliphatic carbocycles. The fourth-order valence-corrected chi connectivity index (χ4v) is 11.2. The van der Waals surface area contributed by atoms with E-state index in [9.17, 15) is 9.90 Å². The van der Waals surface area contributed by atoms with Gasteiger partial charge in [0.1, 0.15) is 6.04 Å². The first-order valence-corrected chi connectivity index (χ1v) is 14.5. The third-order valence-electron chi connectivity index (χ3n) is 3.24. The summed E-state index contributed by atoms with van der Waals surface area (Å²) in [4.78, 5) is 11.5. The van der Waals surface area contributed by atoms with Gasteiger partial charge in [-0.05, 0) is 38.2 Å². The minimum absolute atomic E-state index is 0.359. The molecule has 0 rings (SSSR count). The highest BCUT2D eigenvalue weighted by Gasteiger charge is 2.28. The van der Waals surface area contributed by atoms with Gasteiger partial charge in [0.15, 0.2) is 0 Å². The Morgan fingerprint density at radius 3 is 2.13 bits per heavy atom. The van der Waals surface area contributed by atoms with Gasteiger partial charge in [0.25, 0.3) is 0 Å². The molecule has 0 saturated carbocycles. The molecular weight excluding hydrogens is 369 g/mol. The maximum Gasteiger partial charge on any atom is 0.323 e. The Hall–Kier alpha value is 0.740. The van der Waals surface area contributed by atoms with E-state index in [-0.39, 0.29) is 6.10 Å². The minimum Gasteiger partial charge on any atom is -0.480 e. The summed E-state index contributed by atoms with van der Waals surface area (Å²) in [6.07, 6.45) is 4.88. The van der Waals surface area contributed by atoms with Gasteiger partial charge in [-0.3, -0.25) is 10.1 Å². The monoisotopic (exact) mass is 401 g/mol.